The Labute approximate surface area is 93.6 Å². The molecule has 0 saturated carbocycles. The van der Waals surface area contributed by atoms with Crippen molar-refractivity contribution in [1.82, 2.24) is 4.98 Å². The topological polar surface area (TPSA) is 50.2 Å². The van der Waals surface area contributed by atoms with E-state index in [2.05, 4.69) is 4.98 Å². The standard InChI is InChI=1S/C8H5Cl2F2NO2/c9-5-3-13-6(10)1-4(5)8(11,12)2-7(14)15/h1,3H,2H2,(H,14,15). The highest BCUT2D eigenvalue weighted by molar-refractivity contribution is 6.32. The Morgan fingerprint density at radius 1 is 1.53 bits per heavy atom. The normalized spacial score (nSPS) is 11.5. The molecule has 1 heterocycles. The summed E-state index contributed by atoms with van der Waals surface area (Å²) < 4.78 is 26.6. The van der Waals surface area contributed by atoms with E-state index < -0.39 is 23.9 Å². The summed E-state index contributed by atoms with van der Waals surface area (Å²) in [5.74, 6) is -5.18. The van der Waals surface area contributed by atoms with Crippen molar-refractivity contribution >= 4 is 29.2 Å². The molecule has 15 heavy (non-hydrogen) atoms. The third-order valence-corrected chi connectivity index (χ3v) is 2.10. The second-order valence-electron chi connectivity index (χ2n) is 2.76. The molecule has 0 aromatic carbocycles. The van der Waals surface area contributed by atoms with Crippen LogP contribution >= 0.6 is 23.2 Å². The highest BCUT2D eigenvalue weighted by Gasteiger charge is 2.37. The fourth-order valence-electron chi connectivity index (χ4n) is 0.979. The van der Waals surface area contributed by atoms with E-state index in [0.29, 0.717) is 0 Å². The molecule has 0 unspecified atom stereocenters. The van der Waals surface area contributed by atoms with Gasteiger partial charge in [0.25, 0.3) is 5.92 Å². The first-order valence-electron chi connectivity index (χ1n) is 3.74. The van der Waals surface area contributed by atoms with Crippen LogP contribution in [0.3, 0.4) is 0 Å². The average molecular weight is 256 g/mol. The minimum absolute atomic E-state index is 0.167. The third-order valence-electron chi connectivity index (χ3n) is 1.59. The number of rotatable bonds is 3. The van der Waals surface area contributed by atoms with Gasteiger partial charge in [-0.25, -0.2) is 13.8 Å². The Bertz CT molecular complexity index is 398. The van der Waals surface area contributed by atoms with Gasteiger partial charge in [0.2, 0.25) is 0 Å². The van der Waals surface area contributed by atoms with Crippen LogP contribution in [0.25, 0.3) is 0 Å². The number of hydrogen-bond acceptors (Lipinski definition) is 2. The summed E-state index contributed by atoms with van der Waals surface area (Å²) in [7, 11) is 0. The molecule has 7 heteroatoms. The molecular weight excluding hydrogens is 251 g/mol. The third kappa shape index (κ3) is 3.00. The molecule has 1 aromatic rings. The maximum atomic E-state index is 13.3. The number of alkyl halides is 2. The molecule has 0 aliphatic heterocycles. The van der Waals surface area contributed by atoms with Gasteiger partial charge in [-0.3, -0.25) is 4.79 Å². The van der Waals surface area contributed by atoms with Crippen molar-refractivity contribution in [3.63, 3.8) is 0 Å². The molecule has 0 atom stereocenters. The van der Waals surface area contributed by atoms with Crippen LogP contribution in [0.2, 0.25) is 10.2 Å². The van der Waals surface area contributed by atoms with E-state index >= 15 is 0 Å². The van der Waals surface area contributed by atoms with Crippen molar-refractivity contribution in [2.75, 3.05) is 0 Å². The number of carboxylic acid groups (broad SMARTS) is 1. The monoisotopic (exact) mass is 255 g/mol. The highest BCUT2D eigenvalue weighted by Crippen LogP contribution is 2.36. The first-order valence-corrected chi connectivity index (χ1v) is 4.49. The lowest BCUT2D eigenvalue weighted by atomic mass is 10.1. The van der Waals surface area contributed by atoms with Gasteiger partial charge in [-0.1, -0.05) is 23.2 Å². The minimum atomic E-state index is -3.56. The van der Waals surface area contributed by atoms with Gasteiger partial charge < -0.3 is 5.11 Å². The Balaban J connectivity index is 3.13. The van der Waals surface area contributed by atoms with Crippen LogP contribution < -0.4 is 0 Å². The highest BCUT2D eigenvalue weighted by atomic mass is 35.5. The predicted octanol–water partition coefficient (Wildman–Crippen LogP) is 2.95. The number of halogens is 4. The van der Waals surface area contributed by atoms with Crippen molar-refractivity contribution in [3.8, 4) is 0 Å². The largest absolute Gasteiger partial charge is 0.481 e. The molecule has 0 spiro atoms. The molecule has 0 fully saturated rings. The quantitative estimate of drug-likeness (QED) is 0.845. The summed E-state index contributed by atoms with van der Waals surface area (Å²) in [6, 6.07) is 0.854. The Morgan fingerprint density at radius 3 is 2.67 bits per heavy atom. The smallest absolute Gasteiger partial charge is 0.309 e. The fraction of sp³-hybridized carbons (Fsp3) is 0.250. The SMILES string of the molecule is O=C(O)CC(F)(F)c1cc(Cl)ncc1Cl. The van der Waals surface area contributed by atoms with Crippen LogP contribution in [0.15, 0.2) is 12.3 Å². The predicted molar refractivity (Wildman–Crippen MR) is 50.4 cm³/mol. The average Bonchev–Trinajstić information content (AvgIpc) is 2.06. The van der Waals surface area contributed by atoms with Crippen LogP contribution in [0.5, 0.6) is 0 Å². The van der Waals surface area contributed by atoms with Crippen molar-refractivity contribution in [1.29, 1.82) is 0 Å². The molecular formula is C8H5Cl2F2NO2. The number of aromatic nitrogens is 1. The molecule has 0 bridgehead atoms. The maximum absolute atomic E-state index is 13.3. The first kappa shape index (κ1) is 12.1. The van der Waals surface area contributed by atoms with Crippen molar-refractivity contribution in [2.24, 2.45) is 0 Å². The van der Waals surface area contributed by atoms with E-state index in [-0.39, 0.29) is 10.2 Å². The molecule has 82 valence electrons. The second kappa shape index (κ2) is 4.28. The molecule has 0 aliphatic carbocycles. The van der Waals surface area contributed by atoms with E-state index in [1.54, 1.807) is 0 Å². The molecule has 1 N–H and O–H groups in total. The van der Waals surface area contributed by atoms with Crippen LogP contribution in [0, 0.1) is 0 Å². The summed E-state index contributed by atoms with van der Waals surface area (Å²) >= 11 is 10.9. The Kier molecular flexibility index (Phi) is 3.46. The Morgan fingerprint density at radius 2 is 2.13 bits per heavy atom. The molecule has 1 rings (SSSR count). The van der Waals surface area contributed by atoms with E-state index in [0.717, 1.165) is 12.3 Å². The summed E-state index contributed by atoms with van der Waals surface area (Å²) in [6.07, 6.45) is -0.387. The van der Waals surface area contributed by atoms with Gasteiger partial charge >= 0.3 is 5.97 Å². The lowest BCUT2D eigenvalue weighted by molar-refractivity contribution is -0.145. The fourth-order valence-corrected chi connectivity index (χ4v) is 1.38. The maximum Gasteiger partial charge on any atom is 0.309 e. The van der Waals surface area contributed by atoms with Gasteiger partial charge in [-0.05, 0) is 6.07 Å². The van der Waals surface area contributed by atoms with Crippen molar-refractivity contribution in [3.05, 3.63) is 28.0 Å². The number of pyridine rings is 1. The van der Waals surface area contributed by atoms with Crippen LogP contribution in [-0.2, 0) is 10.7 Å². The van der Waals surface area contributed by atoms with Crippen LogP contribution in [0.1, 0.15) is 12.0 Å². The lowest BCUT2D eigenvalue weighted by Gasteiger charge is -2.15. The summed E-state index contributed by atoms with van der Waals surface area (Å²) in [5.41, 5.74) is -0.633. The molecule has 0 saturated heterocycles. The van der Waals surface area contributed by atoms with Gasteiger partial charge in [0.1, 0.15) is 11.6 Å². The zero-order valence-corrected chi connectivity index (χ0v) is 8.69. The Hall–Kier alpha value is -0.940. The zero-order chi connectivity index (χ0) is 11.6. The zero-order valence-electron chi connectivity index (χ0n) is 7.18. The van der Waals surface area contributed by atoms with Gasteiger partial charge in [0, 0.05) is 11.8 Å². The van der Waals surface area contributed by atoms with Gasteiger partial charge in [0.05, 0.1) is 5.02 Å². The lowest BCUT2D eigenvalue weighted by Crippen LogP contribution is -2.19. The number of hydrogen-bond donors (Lipinski definition) is 1. The van der Waals surface area contributed by atoms with Gasteiger partial charge in [-0.2, -0.15) is 0 Å². The van der Waals surface area contributed by atoms with Crippen LogP contribution in [0.4, 0.5) is 8.78 Å². The molecule has 1 aromatic heterocycles. The minimum Gasteiger partial charge on any atom is -0.481 e. The van der Waals surface area contributed by atoms with Crippen molar-refractivity contribution in [2.45, 2.75) is 12.3 Å². The molecule has 0 amide bonds. The van der Waals surface area contributed by atoms with E-state index in [1.807, 2.05) is 0 Å². The summed E-state index contributed by atoms with van der Waals surface area (Å²) in [5, 5.41) is 7.82. The van der Waals surface area contributed by atoms with E-state index in [9.17, 15) is 13.6 Å². The number of carbonyl (C=O) groups is 1. The summed E-state index contributed by atoms with van der Waals surface area (Å²) in [4.78, 5) is 13.7. The van der Waals surface area contributed by atoms with E-state index in [1.165, 1.54) is 0 Å². The molecule has 0 aliphatic rings. The van der Waals surface area contributed by atoms with Crippen molar-refractivity contribution < 1.29 is 18.7 Å². The molecule has 0 radical (unpaired) electrons. The molecule has 3 nitrogen and oxygen atoms in total. The second-order valence-corrected chi connectivity index (χ2v) is 3.56. The van der Waals surface area contributed by atoms with Gasteiger partial charge in [0.15, 0.2) is 0 Å². The van der Waals surface area contributed by atoms with Gasteiger partial charge in [-0.15, -0.1) is 0 Å². The van der Waals surface area contributed by atoms with E-state index in [4.69, 9.17) is 28.3 Å². The summed E-state index contributed by atoms with van der Waals surface area (Å²) in [6.45, 7) is 0. The first-order chi connectivity index (χ1) is 6.83. The van der Waals surface area contributed by atoms with Crippen LogP contribution in [-0.4, -0.2) is 16.1 Å². The number of carboxylic acids is 1. The number of aliphatic carboxylic acids is 1. The number of nitrogens with zero attached hydrogens (tertiary/aromatic N) is 1.